The Morgan fingerprint density at radius 3 is 2.70 bits per heavy atom. The molecule has 1 atom stereocenters. The number of sulfonamides is 1. The van der Waals surface area contributed by atoms with Gasteiger partial charge in [-0.1, -0.05) is 36.2 Å². The van der Waals surface area contributed by atoms with Gasteiger partial charge in [0.1, 0.15) is 0 Å². The van der Waals surface area contributed by atoms with Gasteiger partial charge in [0.15, 0.2) is 5.79 Å². The third-order valence-electron chi connectivity index (χ3n) is 4.36. The van der Waals surface area contributed by atoms with Crippen LogP contribution in [-0.4, -0.2) is 33.5 Å². The second-order valence-corrected chi connectivity index (χ2v) is 8.44. The van der Waals surface area contributed by atoms with Gasteiger partial charge in [-0.05, 0) is 24.5 Å². The second kappa shape index (κ2) is 7.07. The Balaban J connectivity index is 1.53. The van der Waals surface area contributed by atoms with E-state index in [0.717, 1.165) is 25.7 Å². The number of hydrogen-bond donors (Lipinski definition) is 1. The number of halogens is 1. The molecule has 1 spiro atoms. The van der Waals surface area contributed by atoms with Gasteiger partial charge in [0, 0.05) is 24.4 Å². The van der Waals surface area contributed by atoms with Crippen molar-refractivity contribution in [3.05, 3.63) is 34.9 Å². The van der Waals surface area contributed by atoms with E-state index in [0.29, 0.717) is 17.2 Å². The van der Waals surface area contributed by atoms with Crippen molar-refractivity contribution in [3.8, 4) is 0 Å². The standard InChI is InChI=1S/C16H22ClNO4S/c17-15-7-3-2-6-13(15)12-23(19,20)18-10-14-11-21-16(22-14)8-4-1-5-9-16/h2-3,6-7,14,18H,1,4-5,8-12H2/t14-/m1/s1. The summed E-state index contributed by atoms with van der Waals surface area (Å²) in [6, 6.07) is 6.96. The van der Waals surface area contributed by atoms with Gasteiger partial charge in [0.2, 0.25) is 10.0 Å². The molecule has 0 amide bonds. The lowest BCUT2D eigenvalue weighted by molar-refractivity contribution is -0.186. The zero-order valence-electron chi connectivity index (χ0n) is 13.0. The molecule has 128 valence electrons. The third-order valence-corrected chi connectivity index (χ3v) is 6.03. The van der Waals surface area contributed by atoms with Crippen molar-refractivity contribution in [1.29, 1.82) is 0 Å². The summed E-state index contributed by atoms with van der Waals surface area (Å²) in [5.41, 5.74) is 0.592. The minimum atomic E-state index is -3.46. The molecule has 2 fully saturated rings. The monoisotopic (exact) mass is 359 g/mol. The lowest BCUT2D eigenvalue weighted by atomic mass is 9.94. The first kappa shape index (κ1) is 17.2. The molecule has 1 heterocycles. The minimum absolute atomic E-state index is 0.134. The fourth-order valence-electron chi connectivity index (χ4n) is 3.16. The van der Waals surface area contributed by atoms with Crippen molar-refractivity contribution in [2.75, 3.05) is 13.2 Å². The van der Waals surface area contributed by atoms with E-state index in [-0.39, 0.29) is 18.4 Å². The van der Waals surface area contributed by atoms with E-state index in [2.05, 4.69) is 4.72 Å². The van der Waals surface area contributed by atoms with Crippen LogP contribution in [0.25, 0.3) is 0 Å². The second-order valence-electron chi connectivity index (χ2n) is 6.22. The highest BCUT2D eigenvalue weighted by Gasteiger charge is 2.42. The first-order valence-electron chi connectivity index (χ1n) is 8.01. The zero-order chi connectivity index (χ0) is 16.3. The molecule has 3 rings (SSSR count). The predicted molar refractivity (Wildman–Crippen MR) is 88.7 cm³/mol. The van der Waals surface area contributed by atoms with Crippen LogP contribution in [-0.2, 0) is 25.2 Å². The van der Waals surface area contributed by atoms with E-state index in [4.69, 9.17) is 21.1 Å². The molecule has 1 saturated carbocycles. The molecule has 0 bridgehead atoms. The summed E-state index contributed by atoms with van der Waals surface area (Å²) in [7, 11) is -3.46. The van der Waals surface area contributed by atoms with Gasteiger partial charge in [-0.2, -0.15) is 0 Å². The van der Waals surface area contributed by atoms with Gasteiger partial charge < -0.3 is 9.47 Å². The normalized spacial score (nSPS) is 24.1. The minimum Gasteiger partial charge on any atom is -0.347 e. The number of nitrogens with one attached hydrogen (secondary N) is 1. The van der Waals surface area contributed by atoms with Gasteiger partial charge in [-0.15, -0.1) is 0 Å². The van der Waals surface area contributed by atoms with E-state index >= 15 is 0 Å². The highest BCUT2D eigenvalue weighted by molar-refractivity contribution is 7.88. The molecule has 2 aliphatic rings. The molecule has 0 aromatic heterocycles. The van der Waals surface area contributed by atoms with Crippen molar-refractivity contribution in [2.24, 2.45) is 0 Å². The Hall–Kier alpha value is -0.660. The van der Waals surface area contributed by atoms with Crippen LogP contribution in [0, 0.1) is 0 Å². The van der Waals surface area contributed by atoms with Crippen molar-refractivity contribution >= 4 is 21.6 Å². The quantitative estimate of drug-likeness (QED) is 0.878. The summed E-state index contributed by atoms with van der Waals surface area (Å²) >= 11 is 6.02. The van der Waals surface area contributed by atoms with E-state index in [1.165, 1.54) is 6.42 Å². The molecule has 1 aromatic carbocycles. The summed E-state index contributed by atoms with van der Waals surface area (Å²) in [4.78, 5) is 0. The smallest absolute Gasteiger partial charge is 0.215 e. The Morgan fingerprint density at radius 1 is 1.22 bits per heavy atom. The zero-order valence-corrected chi connectivity index (χ0v) is 14.5. The van der Waals surface area contributed by atoms with E-state index < -0.39 is 15.8 Å². The highest BCUT2D eigenvalue weighted by atomic mass is 35.5. The van der Waals surface area contributed by atoms with Crippen LogP contribution in [0.3, 0.4) is 0 Å². The largest absolute Gasteiger partial charge is 0.347 e. The molecule has 0 unspecified atom stereocenters. The Morgan fingerprint density at radius 2 is 1.96 bits per heavy atom. The summed E-state index contributed by atoms with van der Waals surface area (Å²) in [5, 5.41) is 0.458. The predicted octanol–water partition coefficient (Wildman–Crippen LogP) is 2.84. The van der Waals surface area contributed by atoms with Crippen molar-refractivity contribution < 1.29 is 17.9 Å². The Bertz CT molecular complexity index is 643. The van der Waals surface area contributed by atoms with Gasteiger partial charge in [-0.25, -0.2) is 13.1 Å². The maximum Gasteiger partial charge on any atom is 0.215 e. The van der Waals surface area contributed by atoms with Crippen LogP contribution in [0.15, 0.2) is 24.3 Å². The molecular weight excluding hydrogens is 338 g/mol. The Labute approximate surface area is 142 Å². The molecule has 1 aliphatic carbocycles. The number of rotatable bonds is 5. The van der Waals surface area contributed by atoms with Crippen LogP contribution < -0.4 is 4.72 Å². The molecule has 1 saturated heterocycles. The van der Waals surface area contributed by atoms with Gasteiger partial charge in [0.25, 0.3) is 0 Å². The maximum atomic E-state index is 12.2. The van der Waals surface area contributed by atoms with Gasteiger partial charge >= 0.3 is 0 Å². The van der Waals surface area contributed by atoms with Crippen molar-refractivity contribution in [2.45, 2.75) is 49.7 Å². The average Bonchev–Trinajstić information content (AvgIpc) is 2.91. The summed E-state index contributed by atoms with van der Waals surface area (Å²) < 4.78 is 38.8. The first-order valence-corrected chi connectivity index (χ1v) is 10.0. The molecule has 23 heavy (non-hydrogen) atoms. The van der Waals surface area contributed by atoms with Crippen LogP contribution in [0.5, 0.6) is 0 Å². The number of ether oxygens (including phenoxy) is 2. The van der Waals surface area contributed by atoms with Gasteiger partial charge in [0.05, 0.1) is 18.5 Å². The van der Waals surface area contributed by atoms with E-state index in [1.807, 2.05) is 0 Å². The molecule has 1 aliphatic heterocycles. The summed E-state index contributed by atoms with van der Waals surface area (Å²) in [5.74, 6) is -0.609. The fraction of sp³-hybridized carbons (Fsp3) is 0.625. The van der Waals surface area contributed by atoms with Crippen molar-refractivity contribution in [1.82, 2.24) is 4.72 Å². The van der Waals surface area contributed by atoms with Crippen LogP contribution >= 0.6 is 11.6 Å². The van der Waals surface area contributed by atoms with Crippen LogP contribution in [0.2, 0.25) is 5.02 Å². The summed E-state index contributed by atoms with van der Waals surface area (Å²) in [6.45, 7) is 0.670. The SMILES string of the molecule is O=S(=O)(Cc1ccccc1Cl)NC[C@@H]1COC2(CCCCC2)O1. The van der Waals surface area contributed by atoms with Crippen LogP contribution in [0.4, 0.5) is 0 Å². The van der Waals surface area contributed by atoms with E-state index in [9.17, 15) is 8.42 Å². The summed E-state index contributed by atoms with van der Waals surface area (Å²) in [6.07, 6.45) is 4.99. The molecule has 7 heteroatoms. The molecule has 0 radical (unpaired) electrons. The van der Waals surface area contributed by atoms with E-state index in [1.54, 1.807) is 24.3 Å². The number of hydrogen-bond acceptors (Lipinski definition) is 4. The average molecular weight is 360 g/mol. The third kappa shape index (κ3) is 4.45. The van der Waals surface area contributed by atoms with Gasteiger partial charge in [-0.3, -0.25) is 0 Å². The Kier molecular flexibility index (Phi) is 5.28. The molecule has 1 aromatic rings. The fourth-order valence-corrected chi connectivity index (χ4v) is 4.65. The first-order chi connectivity index (χ1) is 11.0. The van der Waals surface area contributed by atoms with Crippen molar-refractivity contribution in [3.63, 3.8) is 0 Å². The topological polar surface area (TPSA) is 64.6 Å². The highest BCUT2D eigenvalue weighted by Crippen LogP contribution is 2.37. The lowest BCUT2D eigenvalue weighted by Crippen LogP contribution is -2.37. The molecule has 5 nitrogen and oxygen atoms in total. The maximum absolute atomic E-state index is 12.2. The molecular formula is C16H22ClNO4S. The molecule has 1 N–H and O–H groups in total. The van der Waals surface area contributed by atoms with Crippen LogP contribution in [0.1, 0.15) is 37.7 Å². The number of benzene rings is 1. The lowest BCUT2D eigenvalue weighted by Gasteiger charge is -2.31.